The van der Waals surface area contributed by atoms with Crippen molar-refractivity contribution in [1.82, 2.24) is 0 Å². The lowest BCUT2D eigenvalue weighted by Gasteiger charge is -2.11. The lowest BCUT2D eigenvalue weighted by Crippen LogP contribution is -2.15. The van der Waals surface area contributed by atoms with Gasteiger partial charge in [-0.25, -0.2) is 0 Å². The van der Waals surface area contributed by atoms with Crippen LogP contribution in [0.4, 0.5) is 0 Å². The fourth-order valence-corrected chi connectivity index (χ4v) is 1.48. The van der Waals surface area contributed by atoms with Gasteiger partial charge in [0.05, 0.1) is 5.60 Å². The van der Waals surface area contributed by atoms with E-state index in [4.69, 9.17) is 5.11 Å². The summed E-state index contributed by atoms with van der Waals surface area (Å²) >= 11 is 3.43. The Labute approximate surface area is 123 Å². The minimum atomic E-state index is -0.458. The largest absolute Gasteiger partial charge is 0.390 e. The van der Waals surface area contributed by atoms with Gasteiger partial charge in [0.1, 0.15) is 0 Å². The highest BCUT2D eigenvalue weighted by Crippen LogP contribution is 2.06. The summed E-state index contributed by atoms with van der Waals surface area (Å²) in [5.41, 5.74) is -0.458. The molecule has 0 aromatic heterocycles. The van der Waals surface area contributed by atoms with Crippen LogP contribution in [-0.4, -0.2) is 16.0 Å². The Morgan fingerprint density at radius 3 is 2.06 bits per heavy atom. The summed E-state index contributed by atoms with van der Waals surface area (Å²) < 4.78 is 0. The van der Waals surface area contributed by atoms with Gasteiger partial charge in [-0.05, 0) is 39.5 Å². The molecule has 0 heterocycles. The van der Waals surface area contributed by atoms with Crippen LogP contribution in [0.15, 0.2) is 24.8 Å². The minimum Gasteiger partial charge on any atom is -0.390 e. The van der Waals surface area contributed by atoms with Crippen LogP contribution in [0.25, 0.3) is 0 Å². The van der Waals surface area contributed by atoms with Crippen LogP contribution in [0.2, 0.25) is 0 Å². The first-order valence-electron chi connectivity index (χ1n) is 7.03. The molecule has 0 radical (unpaired) electrons. The average Bonchev–Trinajstić information content (AvgIpc) is 2.33. The van der Waals surface area contributed by atoms with E-state index in [9.17, 15) is 0 Å². The Bertz CT molecular complexity index is 192. The van der Waals surface area contributed by atoms with E-state index in [0.29, 0.717) is 0 Å². The molecule has 0 aliphatic heterocycles. The van der Waals surface area contributed by atoms with Crippen LogP contribution in [0.3, 0.4) is 0 Å². The summed E-state index contributed by atoms with van der Waals surface area (Å²) in [7, 11) is 0. The molecule has 0 aliphatic carbocycles. The summed E-state index contributed by atoms with van der Waals surface area (Å²) in [6.45, 7) is 9.18. The van der Waals surface area contributed by atoms with Crippen LogP contribution in [0, 0.1) is 0 Å². The van der Waals surface area contributed by atoms with Gasteiger partial charge in [0, 0.05) is 5.33 Å². The van der Waals surface area contributed by atoms with E-state index in [1.165, 1.54) is 38.5 Å². The molecule has 1 N–H and O–H groups in total. The number of rotatable bonds is 9. The van der Waals surface area contributed by atoms with E-state index in [1.807, 2.05) is 19.1 Å². The standard InChI is InChI=1S/C11H19Br.C5H12O/c1-2-3-4-5-6-7-8-9-10-11-12;1-4-5(2,3)6/h2-4H,1,5-11H2;6H,4H2,1-3H3. The fraction of sp³-hybridized carbons (Fsp3) is 0.750. The Balaban J connectivity index is 0. The molecule has 18 heavy (non-hydrogen) atoms. The predicted octanol–water partition coefficient (Wildman–Crippen LogP) is 5.63. The molecular formula is C16H31BrO. The Hall–Kier alpha value is -0.0800. The molecule has 0 saturated carbocycles. The molecule has 0 rings (SSSR count). The maximum absolute atomic E-state index is 8.83. The zero-order valence-electron chi connectivity index (χ0n) is 12.4. The number of hydrogen-bond donors (Lipinski definition) is 1. The van der Waals surface area contributed by atoms with Gasteiger partial charge < -0.3 is 5.11 Å². The Morgan fingerprint density at radius 1 is 1.11 bits per heavy atom. The van der Waals surface area contributed by atoms with Gasteiger partial charge in [-0.15, -0.1) is 0 Å². The second kappa shape index (κ2) is 15.0. The van der Waals surface area contributed by atoms with E-state index in [2.05, 4.69) is 28.6 Å². The molecule has 0 spiro atoms. The highest BCUT2D eigenvalue weighted by molar-refractivity contribution is 9.09. The molecule has 0 aromatic carbocycles. The molecule has 0 bridgehead atoms. The van der Waals surface area contributed by atoms with E-state index in [-0.39, 0.29) is 0 Å². The molecule has 0 aliphatic rings. The zero-order valence-corrected chi connectivity index (χ0v) is 14.0. The van der Waals surface area contributed by atoms with Crippen LogP contribution in [0.1, 0.15) is 65.7 Å². The third kappa shape index (κ3) is 24.9. The predicted molar refractivity (Wildman–Crippen MR) is 87.4 cm³/mol. The topological polar surface area (TPSA) is 20.2 Å². The second-order valence-electron chi connectivity index (χ2n) is 5.08. The first kappa shape index (κ1) is 20.2. The van der Waals surface area contributed by atoms with Gasteiger partial charge >= 0.3 is 0 Å². The van der Waals surface area contributed by atoms with Gasteiger partial charge in [-0.1, -0.05) is 66.9 Å². The van der Waals surface area contributed by atoms with Crippen LogP contribution in [0.5, 0.6) is 0 Å². The van der Waals surface area contributed by atoms with Gasteiger partial charge in [0.15, 0.2) is 0 Å². The fourth-order valence-electron chi connectivity index (χ4n) is 1.08. The highest BCUT2D eigenvalue weighted by Gasteiger charge is 2.05. The number of alkyl halides is 1. The first-order chi connectivity index (χ1) is 8.47. The monoisotopic (exact) mass is 318 g/mol. The zero-order chi connectivity index (χ0) is 14.3. The van der Waals surface area contributed by atoms with Crippen molar-refractivity contribution in [3.05, 3.63) is 24.8 Å². The first-order valence-corrected chi connectivity index (χ1v) is 8.16. The molecule has 0 amide bonds. The van der Waals surface area contributed by atoms with E-state index < -0.39 is 5.60 Å². The van der Waals surface area contributed by atoms with Crippen molar-refractivity contribution < 1.29 is 5.11 Å². The number of aliphatic hydroxyl groups is 1. The smallest absolute Gasteiger partial charge is 0.0589 e. The maximum atomic E-state index is 8.83. The summed E-state index contributed by atoms with van der Waals surface area (Å²) in [5.74, 6) is 0. The lowest BCUT2D eigenvalue weighted by molar-refractivity contribution is 0.0765. The number of unbranched alkanes of at least 4 members (excludes halogenated alkanes) is 5. The van der Waals surface area contributed by atoms with Crippen molar-refractivity contribution in [3.8, 4) is 0 Å². The number of halogens is 1. The third-order valence-corrected chi connectivity index (χ3v) is 3.20. The van der Waals surface area contributed by atoms with Gasteiger partial charge in [-0.2, -0.15) is 0 Å². The normalized spacial score (nSPS) is 11.2. The second-order valence-corrected chi connectivity index (χ2v) is 5.87. The Morgan fingerprint density at radius 2 is 1.61 bits per heavy atom. The maximum Gasteiger partial charge on any atom is 0.0589 e. The molecule has 2 heteroatoms. The number of allylic oxidation sites excluding steroid dienone is 3. The third-order valence-electron chi connectivity index (χ3n) is 2.64. The Kier molecular flexibility index (Phi) is 16.8. The van der Waals surface area contributed by atoms with Crippen LogP contribution in [-0.2, 0) is 0 Å². The van der Waals surface area contributed by atoms with E-state index >= 15 is 0 Å². The van der Waals surface area contributed by atoms with Crippen molar-refractivity contribution >= 4 is 15.9 Å². The van der Waals surface area contributed by atoms with E-state index in [1.54, 1.807) is 13.8 Å². The number of hydrogen-bond acceptors (Lipinski definition) is 1. The molecule has 108 valence electrons. The van der Waals surface area contributed by atoms with Crippen molar-refractivity contribution in [2.24, 2.45) is 0 Å². The molecule has 0 unspecified atom stereocenters. The quantitative estimate of drug-likeness (QED) is 0.332. The van der Waals surface area contributed by atoms with Gasteiger partial charge in [0.2, 0.25) is 0 Å². The average molecular weight is 319 g/mol. The van der Waals surface area contributed by atoms with Crippen molar-refractivity contribution in [2.75, 3.05) is 5.33 Å². The summed E-state index contributed by atoms with van der Waals surface area (Å²) in [5, 5.41) is 9.98. The van der Waals surface area contributed by atoms with Crippen molar-refractivity contribution in [1.29, 1.82) is 0 Å². The molecular weight excluding hydrogens is 288 g/mol. The summed E-state index contributed by atoms with van der Waals surface area (Å²) in [6, 6.07) is 0. The van der Waals surface area contributed by atoms with Crippen LogP contribution >= 0.6 is 15.9 Å². The molecule has 0 atom stereocenters. The molecule has 0 saturated heterocycles. The lowest BCUT2D eigenvalue weighted by atomic mass is 10.1. The van der Waals surface area contributed by atoms with Crippen molar-refractivity contribution in [3.63, 3.8) is 0 Å². The van der Waals surface area contributed by atoms with Crippen molar-refractivity contribution in [2.45, 2.75) is 71.3 Å². The molecule has 0 aromatic rings. The molecule has 1 nitrogen and oxygen atoms in total. The summed E-state index contributed by atoms with van der Waals surface area (Å²) in [6.07, 6.45) is 14.9. The SMILES string of the molecule is C=CC=CCCCCCCCBr.CCC(C)(C)O. The van der Waals surface area contributed by atoms with Gasteiger partial charge in [-0.3, -0.25) is 0 Å². The molecule has 0 fully saturated rings. The highest BCUT2D eigenvalue weighted by atomic mass is 79.9. The minimum absolute atomic E-state index is 0.458. The van der Waals surface area contributed by atoms with E-state index in [0.717, 1.165) is 11.8 Å². The van der Waals surface area contributed by atoms with Gasteiger partial charge in [0.25, 0.3) is 0 Å². The van der Waals surface area contributed by atoms with Crippen LogP contribution < -0.4 is 0 Å². The summed E-state index contributed by atoms with van der Waals surface area (Å²) in [4.78, 5) is 0.